The molecule has 0 radical (unpaired) electrons. The minimum Gasteiger partial charge on any atom is -0.496 e. The maximum Gasteiger partial charge on any atom is 0.248 e. The lowest BCUT2D eigenvalue weighted by molar-refractivity contribution is -0.111. The van der Waals surface area contributed by atoms with Crippen molar-refractivity contribution in [1.82, 2.24) is 9.78 Å². The molecule has 0 aliphatic carbocycles. The molecule has 0 fully saturated rings. The van der Waals surface area contributed by atoms with Gasteiger partial charge in [0.1, 0.15) is 18.1 Å². The second-order valence-electron chi connectivity index (χ2n) is 7.51. The summed E-state index contributed by atoms with van der Waals surface area (Å²) in [7, 11) is 1.62. The number of benzene rings is 3. The molecule has 3 aromatic carbocycles. The number of para-hydroxylation sites is 1. The molecule has 0 saturated carbocycles. The van der Waals surface area contributed by atoms with E-state index in [1.807, 2.05) is 72.8 Å². The number of methoxy groups -OCH3 is 1. The Morgan fingerprint density at radius 1 is 1.06 bits per heavy atom. The molecule has 0 bridgehead atoms. The molecule has 6 nitrogen and oxygen atoms in total. The number of aromatic nitrogens is 2. The number of amides is 1. The van der Waals surface area contributed by atoms with E-state index < -0.39 is 0 Å². The molecule has 172 valence electrons. The summed E-state index contributed by atoms with van der Waals surface area (Å²) in [6.45, 7) is 0.872. The molecular weight excluding hydrogens is 450 g/mol. The van der Waals surface area contributed by atoms with Gasteiger partial charge in [-0.25, -0.2) is 0 Å². The smallest absolute Gasteiger partial charge is 0.248 e. The van der Waals surface area contributed by atoms with Crippen LogP contribution in [-0.4, -0.2) is 22.8 Å². The number of nitrogens with one attached hydrogen (secondary N) is 1. The summed E-state index contributed by atoms with van der Waals surface area (Å²) in [4.78, 5) is 12.4. The number of anilines is 1. The minimum absolute atomic E-state index is 0.254. The van der Waals surface area contributed by atoms with E-state index in [1.54, 1.807) is 30.3 Å². The third kappa shape index (κ3) is 6.27. The normalized spacial score (nSPS) is 10.9. The fourth-order valence-corrected chi connectivity index (χ4v) is 3.56. The van der Waals surface area contributed by atoms with Crippen LogP contribution in [0.25, 0.3) is 6.08 Å². The molecule has 34 heavy (non-hydrogen) atoms. The van der Waals surface area contributed by atoms with Crippen LogP contribution in [0.4, 0.5) is 5.69 Å². The van der Waals surface area contributed by atoms with Crippen molar-refractivity contribution < 1.29 is 14.3 Å². The van der Waals surface area contributed by atoms with Gasteiger partial charge in [0.05, 0.1) is 25.5 Å². The van der Waals surface area contributed by atoms with E-state index in [9.17, 15) is 4.79 Å². The summed E-state index contributed by atoms with van der Waals surface area (Å²) >= 11 is 6.21. The van der Waals surface area contributed by atoms with Gasteiger partial charge < -0.3 is 14.8 Å². The van der Waals surface area contributed by atoms with Gasteiger partial charge in [0.15, 0.2) is 0 Å². The highest BCUT2D eigenvalue weighted by atomic mass is 35.5. The van der Waals surface area contributed by atoms with Crippen molar-refractivity contribution in [2.45, 2.75) is 13.2 Å². The molecule has 0 aliphatic rings. The van der Waals surface area contributed by atoms with E-state index in [1.165, 1.54) is 6.08 Å². The zero-order valence-corrected chi connectivity index (χ0v) is 19.4. The zero-order chi connectivity index (χ0) is 23.8. The third-order valence-electron chi connectivity index (χ3n) is 5.06. The van der Waals surface area contributed by atoms with E-state index in [0.29, 0.717) is 23.9 Å². The van der Waals surface area contributed by atoms with Gasteiger partial charge in [-0.3, -0.25) is 9.48 Å². The molecule has 0 spiro atoms. The first-order valence-electron chi connectivity index (χ1n) is 10.7. The molecule has 0 aliphatic heterocycles. The SMILES string of the molecule is COc1ccc(/C=C/C(=O)Nc2cnn(Cc3ccccc3Cl)c2)cc1COc1ccccc1. The van der Waals surface area contributed by atoms with Crippen LogP contribution in [-0.2, 0) is 17.9 Å². The predicted molar refractivity (Wildman–Crippen MR) is 134 cm³/mol. The second-order valence-corrected chi connectivity index (χ2v) is 7.92. The number of carbonyl (C=O) groups is 1. The van der Waals surface area contributed by atoms with Gasteiger partial charge in [-0.2, -0.15) is 5.10 Å². The summed E-state index contributed by atoms with van der Waals surface area (Å²) in [6, 6.07) is 22.9. The Morgan fingerprint density at radius 2 is 1.85 bits per heavy atom. The van der Waals surface area contributed by atoms with Gasteiger partial charge in [0.25, 0.3) is 0 Å². The number of ether oxygens (including phenoxy) is 2. The van der Waals surface area contributed by atoms with Crippen LogP contribution < -0.4 is 14.8 Å². The average Bonchev–Trinajstić information content (AvgIpc) is 3.30. The molecule has 0 saturated heterocycles. The number of hydrogen-bond donors (Lipinski definition) is 1. The number of rotatable bonds is 9. The zero-order valence-electron chi connectivity index (χ0n) is 18.6. The van der Waals surface area contributed by atoms with Crippen LogP contribution in [0, 0.1) is 0 Å². The summed E-state index contributed by atoms with van der Waals surface area (Å²) in [5, 5.41) is 7.80. The topological polar surface area (TPSA) is 65.4 Å². The Balaban J connectivity index is 1.37. The van der Waals surface area contributed by atoms with Crippen molar-refractivity contribution in [3.8, 4) is 11.5 Å². The van der Waals surface area contributed by atoms with Gasteiger partial charge in [-0.1, -0.05) is 54.1 Å². The average molecular weight is 474 g/mol. The maximum atomic E-state index is 12.4. The van der Waals surface area contributed by atoms with Gasteiger partial charge >= 0.3 is 0 Å². The Kier molecular flexibility index (Phi) is 7.63. The van der Waals surface area contributed by atoms with Crippen LogP contribution in [0.5, 0.6) is 11.5 Å². The predicted octanol–water partition coefficient (Wildman–Crippen LogP) is 5.82. The van der Waals surface area contributed by atoms with Gasteiger partial charge in [0, 0.05) is 22.9 Å². The highest BCUT2D eigenvalue weighted by Crippen LogP contribution is 2.23. The highest BCUT2D eigenvalue weighted by Gasteiger charge is 2.07. The fraction of sp³-hybridized carbons (Fsp3) is 0.111. The molecule has 4 aromatic rings. The monoisotopic (exact) mass is 473 g/mol. The van der Waals surface area contributed by atoms with E-state index in [2.05, 4.69) is 10.4 Å². The van der Waals surface area contributed by atoms with Gasteiger partial charge in [-0.05, 0) is 47.5 Å². The molecule has 1 heterocycles. The molecule has 1 N–H and O–H groups in total. The molecule has 1 aromatic heterocycles. The lowest BCUT2D eigenvalue weighted by atomic mass is 10.1. The number of halogens is 1. The Bertz CT molecular complexity index is 1290. The van der Waals surface area contributed by atoms with Crippen molar-refractivity contribution in [3.05, 3.63) is 113 Å². The first-order valence-corrected chi connectivity index (χ1v) is 11.1. The molecule has 1 amide bonds. The summed E-state index contributed by atoms with van der Waals surface area (Å²) in [5.74, 6) is 1.25. The maximum absolute atomic E-state index is 12.4. The van der Waals surface area contributed by atoms with E-state index in [4.69, 9.17) is 21.1 Å². The molecular formula is C27H24ClN3O3. The summed E-state index contributed by atoms with van der Waals surface area (Å²) < 4.78 is 13.0. The Labute approximate surface area is 203 Å². The van der Waals surface area contributed by atoms with Crippen molar-refractivity contribution in [3.63, 3.8) is 0 Å². The fourth-order valence-electron chi connectivity index (χ4n) is 3.36. The quantitative estimate of drug-likeness (QED) is 0.311. The van der Waals surface area contributed by atoms with Crippen molar-refractivity contribution >= 4 is 29.3 Å². The Hall–Kier alpha value is -4.03. The standard InChI is InChI=1S/C27H24ClN3O3/c1-33-26-13-11-20(15-22(26)19-34-24-8-3-2-4-9-24)12-14-27(32)30-23-16-29-31(18-23)17-21-7-5-6-10-25(21)28/h2-16,18H,17,19H2,1H3,(H,30,32)/b14-12+. The van der Waals surface area contributed by atoms with Gasteiger partial charge in [0.2, 0.25) is 5.91 Å². The number of nitrogens with zero attached hydrogens (tertiary/aromatic N) is 2. The van der Waals surface area contributed by atoms with E-state index >= 15 is 0 Å². The van der Waals surface area contributed by atoms with Crippen LogP contribution >= 0.6 is 11.6 Å². The highest BCUT2D eigenvalue weighted by molar-refractivity contribution is 6.31. The summed E-state index contributed by atoms with van der Waals surface area (Å²) in [6.07, 6.45) is 6.60. The minimum atomic E-state index is -0.254. The lowest BCUT2D eigenvalue weighted by Gasteiger charge is -2.11. The molecule has 0 atom stereocenters. The molecule has 7 heteroatoms. The van der Waals surface area contributed by atoms with Crippen molar-refractivity contribution in [1.29, 1.82) is 0 Å². The first-order chi connectivity index (χ1) is 16.6. The van der Waals surface area contributed by atoms with E-state index in [0.717, 1.165) is 28.2 Å². The van der Waals surface area contributed by atoms with Crippen LogP contribution in [0.15, 0.2) is 91.3 Å². The number of hydrogen-bond acceptors (Lipinski definition) is 4. The van der Waals surface area contributed by atoms with Crippen LogP contribution in [0.3, 0.4) is 0 Å². The molecule has 0 unspecified atom stereocenters. The number of carbonyl (C=O) groups excluding carboxylic acids is 1. The lowest BCUT2D eigenvalue weighted by Crippen LogP contribution is -2.07. The van der Waals surface area contributed by atoms with Crippen LogP contribution in [0.2, 0.25) is 5.02 Å². The Morgan fingerprint density at radius 3 is 2.65 bits per heavy atom. The largest absolute Gasteiger partial charge is 0.496 e. The van der Waals surface area contributed by atoms with Crippen molar-refractivity contribution in [2.24, 2.45) is 0 Å². The van der Waals surface area contributed by atoms with E-state index in [-0.39, 0.29) is 5.91 Å². The summed E-state index contributed by atoms with van der Waals surface area (Å²) in [5.41, 5.74) is 3.30. The third-order valence-corrected chi connectivity index (χ3v) is 5.43. The van der Waals surface area contributed by atoms with Gasteiger partial charge in [-0.15, -0.1) is 0 Å². The van der Waals surface area contributed by atoms with Crippen LogP contribution in [0.1, 0.15) is 16.7 Å². The first kappa shape index (κ1) is 23.1. The second kappa shape index (κ2) is 11.2. The van der Waals surface area contributed by atoms with Crippen molar-refractivity contribution in [2.75, 3.05) is 12.4 Å². The molecule has 4 rings (SSSR count).